The van der Waals surface area contributed by atoms with E-state index in [0.717, 1.165) is 11.1 Å². The summed E-state index contributed by atoms with van der Waals surface area (Å²) in [5, 5.41) is 3.05. The number of H-pyrrole nitrogens is 1. The zero-order valence-electron chi connectivity index (χ0n) is 15.0. The Morgan fingerprint density at radius 1 is 0.667 bits per heavy atom. The molecule has 0 atom stereocenters. The molecule has 0 amide bonds. The smallest absolute Gasteiger partial charge is 0.227 e. The van der Waals surface area contributed by atoms with Crippen molar-refractivity contribution in [3.8, 4) is 11.8 Å². The van der Waals surface area contributed by atoms with E-state index in [0.29, 0.717) is 21.7 Å². The molecule has 0 aliphatic rings. The Kier molecular flexibility index (Phi) is 6.05. The fraction of sp³-hybridized carbons (Fsp3) is 0.100. The van der Waals surface area contributed by atoms with E-state index in [9.17, 15) is 0 Å². The number of aromatic nitrogens is 1. The molecule has 0 radical (unpaired) electrons. The van der Waals surface area contributed by atoms with Gasteiger partial charge in [-0.05, 0) is 0 Å². The van der Waals surface area contributed by atoms with Crippen molar-refractivity contribution in [2.45, 2.75) is 0 Å². The summed E-state index contributed by atoms with van der Waals surface area (Å²) in [6, 6.07) is 22.9. The first-order chi connectivity index (χ1) is 13.0. The van der Waals surface area contributed by atoms with Crippen LogP contribution in [-0.2, 0) is 0 Å². The van der Waals surface area contributed by atoms with Crippen molar-refractivity contribution >= 4 is 34.4 Å². The zero-order valence-corrected chi connectivity index (χ0v) is 16.6. The fourth-order valence-electron chi connectivity index (χ4n) is 2.37. The molecule has 0 spiro atoms. The normalized spacial score (nSPS) is 10.1. The van der Waals surface area contributed by atoms with Gasteiger partial charge >= 0.3 is 0 Å². The van der Waals surface area contributed by atoms with Crippen LogP contribution in [0.15, 0.2) is 72.8 Å². The van der Waals surface area contributed by atoms with Crippen molar-refractivity contribution in [1.29, 1.82) is 0 Å². The number of benzene rings is 2. The van der Waals surface area contributed by atoms with Crippen molar-refractivity contribution in [2.75, 3.05) is 14.1 Å². The lowest BCUT2D eigenvalue weighted by molar-refractivity contribution is 0.0343. The molecular weight excluding hydrogens is 378 g/mol. The highest BCUT2D eigenvalue weighted by molar-refractivity contribution is 7.80. The number of hydrogen-bond acceptors (Lipinski definition) is 4. The molecule has 0 aliphatic carbocycles. The molecular formula is C20H19N3O2S2. The minimum atomic E-state index is 0.504. The van der Waals surface area contributed by atoms with Crippen molar-refractivity contribution in [2.24, 2.45) is 0 Å². The van der Waals surface area contributed by atoms with Gasteiger partial charge in [0, 0.05) is 37.4 Å². The van der Waals surface area contributed by atoms with E-state index in [-0.39, 0.29) is 0 Å². The number of hydroxylamine groups is 4. The van der Waals surface area contributed by atoms with Crippen molar-refractivity contribution < 1.29 is 9.68 Å². The number of hydrogen-bond donors (Lipinski definition) is 1. The highest BCUT2D eigenvalue weighted by Crippen LogP contribution is 2.19. The Hall–Kier alpha value is -2.90. The third-order valence-corrected chi connectivity index (χ3v) is 4.70. The average molecular weight is 398 g/mol. The van der Waals surface area contributed by atoms with Gasteiger partial charge in [0.05, 0.1) is 0 Å². The highest BCUT2D eigenvalue weighted by Gasteiger charge is 2.13. The summed E-state index contributed by atoms with van der Waals surface area (Å²) in [6.45, 7) is 0. The van der Waals surface area contributed by atoms with E-state index in [2.05, 4.69) is 4.98 Å². The predicted molar refractivity (Wildman–Crippen MR) is 114 cm³/mol. The molecule has 3 rings (SSSR count). The van der Waals surface area contributed by atoms with E-state index in [1.54, 1.807) is 26.2 Å². The molecule has 0 bridgehead atoms. The van der Waals surface area contributed by atoms with E-state index < -0.39 is 0 Å². The molecule has 1 aromatic heterocycles. The second-order valence-corrected chi connectivity index (χ2v) is 6.48. The summed E-state index contributed by atoms with van der Waals surface area (Å²) < 4.78 is 0. The molecule has 3 aromatic rings. The average Bonchev–Trinajstić information content (AvgIpc) is 3.14. The number of aromatic amines is 1. The van der Waals surface area contributed by atoms with Crippen LogP contribution in [0.25, 0.3) is 0 Å². The van der Waals surface area contributed by atoms with Gasteiger partial charge in [-0.2, -0.15) is 10.1 Å². The molecule has 2 aromatic carbocycles. The summed E-state index contributed by atoms with van der Waals surface area (Å²) in [7, 11) is 3.51. The van der Waals surface area contributed by atoms with Gasteiger partial charge in [-0.3, -0.25) is 4.98 Å². The van der Waals surface area contributed by atoms with E-state index in [4.69, 9.17) is 34.1 Å². The van der Waals surface area contributed by atoms with E-state index >= 15 is 0 Å². The van der Waals surface area contributed by atoms with Crippen LogP contribution in [-0.4, -0.2) is 39.2 Å². The largest absolute Gasteiger partial charge is 0.361 e. The van der Waals surface area contributed by atoms with Crippen LogP contribution in [0.5, 0.6) is 11.8 Å². The summed E-state index contributed by atoms with van der Waals surface area (Å²) in [6.07, 6.45) is 0. The van der Waals surface area contributed by atoms with Crippen LogP contribution in [0, 0.1) is 0 Å². The molecule has 27 heavy (non-hydrogen) atoms. The van der Waals surface area contributed by atoms with Gasteiger partial charge < -0.3 is 9.68 Å². The maximum Gasteiger partial charge on any atom is 0.227 e. The molecule has 138 valence electrons. The lowest BCUT2D eigenvalue weighted by Crippen LogP contribution is -2.30. The number of rotatable bonds is 6. The SMILES string of the molecule is CN(Oc1ccc(ON(C)C(=S)c2ccccc2)[nH]1)C(=S)c1ccccc1. The molecule has 0 aliphatic heterocycles. The molecule has 7 heteroatoms. The quantitative estimate of drug-likeness (QED) is 0.496. The Bertz CT molecular complexity index is 839. The first-order valence-electron chi connectivity index (χ1n) is 8.26. The summed E-state index contributed by atoms with van der Waals surface area (Å²) in [5.74, 6) is 1.01. The molecule has 0 fully saturated rings. The first kappa shape index (κ1) is 18.9. The predicted octanol–water partition coefficient (Wildman–Crippen LogP) is 4.22. The van der Waals surface area contributed by atoms with Gasteiger partial charge in [-0.1, -0.05) is 85.1 Å². The highest BCUT2D eigenvalue weighted by atomic mass is 32.1. The van der Waals surface area contributed by atoms with Crippen molar-refractivity contribution in [1.82, 2.24) is 15.1 Å². The van der Waals surface area contributed by atoms with Crippen LogP contribution < -0.4 is 9.68 Å². The van der Waals surface area contributed by atoms with Crippen LogP contribution in [0.4, 0.5) is 0 Å². The van der Waals surface area contributed by atoms with Crippen LogP contribution in [0.3, 0.4) is 0 Å². The number of thiocarbonyl (C=S) groups is 2. The molecule has 0 unspecified atom stereocenters. The Balaban J connectivity index is 1.60. The third-order valence-electron chi connectivity index (χ3n) is 3.72. The van der Waals surface area contributed by atoms with Gasteiger partial charge in [0.25, 0.3) is 0 Å². The topological polar surface area (TPSA) is 40.7 Å². The standard InChI is InChI=1S/C20H19N3O2S2/c1-22(19(26)15-9-5-3-6-10-15)24-17-13-14-18(21-17)25-23(2)20(27)16-11-7-4-8-12-16/h3-14,21H,1-2H3. The molecule has 1 N–H and O–H groups in total. The van der Waals surface area contributed by atoms with Crippen molar-refractivity contribution in [3.63, 3.8) is 0 Å². The van der Waals surface area contributed by atoms with Gasteiger partial charge in [-0.15, -0.1) is 0 Å². The summed E-state index contributed by atoms with van der Waals surface area (Å²) >= 11 is 10.9. The monoisotopic (exact) mass is 397 g/mol. The summed E-state index contributed by atoms with van der Waals surface area (Å²) in [4.78, 5) is 15.7. The minimum Gasteiger partial charge on any atom is -0.361 e. The number of nitrogens with one attached hydrogen (secondary N) is 1. The molecule has 1 heterocycles. The van der Waals surface area contributed by atoms with Crippen LogP contribution in [0.2, 0.25) is 0 Å². The second-order valence-electron chi connectivity index (χ2n) is 5.71. The second kappa shape index (κ2) is 8.66. The number of nitrogens with zero attached hydrogens (tertiary/aromatic N) is 2. The molecule has 5 nitrogen and oxygen atoms in total. The maximum atomic E-state index is 5.74. The molecule has 0 saturated heterocycles. The Labute approximate surface area is 169 Å². The Morgan fingerprint density at radius 3 is 1.41 bits per heavy atom. The lowest BCUT2D eigenvalue weighted by Gasteiger charge is -2.20. The minimum absolute atomic E-state index is 0.504. The third kappa shape index (κ3) is 4.84. The van der Waals surface area contributed by atoms with Gasteiger partial charge in [0.1, 0.15) is 9.98 Å². The van der Waals surface area contributed by atoms with Gasteiger partial charge in [-0.25, -0.2) is 0 Å². The first-order valence-corrected chi connectivity index (χ1v) is 9.07. The van der Waals surface area contributed by atoms with E-state index in [1.807, 2.05) is 60.7 Å². The van der Waals surface area contributed by atoms with Gasteiger partial charge in [0.15, 0.2) is 0 Å². The lowest BCUT2D eigenvalue weighted by atomic mass is 10.2. The van der Waals surface area contributed by atoms with Crippen LogP contribution >= 0.6 is 24.4 Å². The molecule has 0 saturated carbocycles. The zero-order chi connectivity index (χ0) is 19.2. The van der Waals surface area contributed by atoms with Crippen molar-refractivity contribution in [3.05, 3.63) is 83.9 Å². The van der Waals surface area contributed by atoms with Crippen LogP contribution in [0.1, 0.15) is 11.1 Å². The summed E-state index contributed by atoms with van der Waals surface area (Å²) in [5.41, 5.74) is 1.82. The van der Waals surface area contributed by atoms with Gasteiger partial charge in [0.2, 0.25) is 11.8 Å². The van der Waals surface area contributed by atoms with E-state index in [1.165, 1.54) is 10.1 Å². The fourth-order valence-corrected chi connectivity index (χ4v) is 2.71. The Morgan fingerprint density at radius 2 is 1.04 bits per heavy atom. The maximum absolute atomic E-state index is 5.74.